The van der Waals surface area contributed by atoms with Crippen molar-refractivity contribution in [3.63, 3.8) is 0 Å². The van der Waals surface area contributed by atoms with Crippen LogP contribution in [-0.4, -0.2) is 30.5 Å². The van der Waals surface area contributed by atoms with Gasteiger partial charge in [0, 0.05) is 30.4 Å². The Morgan fingerprint density at radius 3 is 2.36 bits per heavy atom. The van der Waals surface area contributed by atoms with Gasteiger partial charge in [0.15, 0.2) is 0 Å². The predicted molar refractivity (Wildman–Crippen MR) is 95.7 cm³/mol. The Hall–Kier alpha value is -1.16. The van der Waals surface area contributed by atoms with Crippen LogP contribution in [0, 0.1) is 11.8 Å². The van der Waals surface area contributed by atoms with Crippen molar-refractivity contribution in [2.45, 2.75) is 32.6 Å². The molecule has 0 spiro atoms. The average molecular weight is 318 g/mol. The van der Waals surface area contributed by atoms with Gasteiger partial charge in [0.05, 0.1) is 0 Å². The average Bonchev–Trinajstić information content (AvgIpc) is 2.57. The number of amides is 1. The zero-order valence-corrected chi connectivity index (χ0v) is 14.2. The lowest BCUT2D eigenvalue weighted by Crippen LogP contribution is -2.32. The van der Waals surface area contributed by atoms with Crippen LogP contribution in [0.15, 0.2) is 24.3 Å². The van der Waals surface area contributed by atoms with E-state index in [0.29, 0.717) is 0 Å². The molecule has 0 aromatic heterocycles. The summed E-state index contributed by atoms with van der Waals surface area (Å²) in [5, 5.41) is 3.08. The molecule has 0 bridgehead atoms. The van der Waals surface area contributed by atoms with Gasteiger partial charge in [-0.1, -0.05) is 6.92 Å². The molecule has 2 fully saturated rings. The van der Waals surface area contributed by atoms with Crippen LogP contribution in [0.5, 0.6) is 0 Å². The standard InChI is InChI=1S/C18H26N2OS/c1-14-6-10-20(11-7-14)17-4-2-16(3-5-17)19-18(21)15-8-12-22-13-9-15/h2-5,14-15H,6-13H2,1H3,(H,19,21). The van der Waals surface area contributed by atoms with Gasteiger partial charge in [-0.15, -0.1) is 0 Å². The van der Waals surface area contributed by atoms with Crippen molar-refractivity contribution in [1.29, 1.82) is 0 Å². The zero-order chi connectivity index (χ0) is 15.4. The maximum atomic E-state index is 12.3. The highest BCUT2D eigenvalue weighted by Gasteiger charge is 2.21. The third kappa shape index (κ3) is 3.97. The Balaban J connectivity index is 1.56. The van der Waals surface area contributed by atoms with E-state index in [1.165, 1.54) is 18.5 Å². The van der Waals surface area contributed by atoms with Crippen LogP contribution in [0.2, 0.25) is 0 Å². The molecule has 0 unspecified atom stereocenters. The van der Waals surface area contributed by atoms with E-state index in [1.54, 1.807) is 0 Å². The molecule has 2 saturated heterocycles. The van der Waals surface area contributed by atoms with E-state index < -0.39 is 0 Å². The summed E-state index contributed by atoms with van der Waals surface area (Å²) in [6.45, 7) is 4.62. The summed E-state index contributed by atoms with van der Waals surface area (Å²) in [4.78, 5) is 14.7. The number of thioether (sulfide) groups is 1. The van der Waals surface area contributed by atoms with Crippen molar-refractivity contribution in [1.82, 2.24) is 0 Å². The maximum Gasteiger partial charge on any atom is 0.227 e. The van der Waals surface area contributed by atoms with Crippen LogP contribution < -0.4 is 10.2 Å². The summed E-state index contributed by atoms with van der Waals surface area (Å²) in [7, 11) is 0. The fraction of sp³-hybridized carbons (Fsp3) is 0.611. The third-order valence-electron chi connectivity index (χ3n) is 4.88. The summed E-state index contributed by atoms with van der Waals surface area (Å²) in [5.41, 5.74) is 2.20. The van der Waals surface area contributed by atoms with Gasteiger partial charge in [-0.25, -0.2) is 0 Å². The number of piperidine rings is 1. The second kappa shape index (κ2) is 7.40. The highest BCUT2D eigenvalue weighted by atomic mass is 32.2. The van der Waals surface area contributed by atoms with Gasteiger partial charge in [-0.3, -0.25) is 4.79 Å². The molecule has 1 aromatic rings. The Bertz CT molecular complexity index is 488. The first-order valence-electron chi connectivity index (χ1n) is 8.46. The molecule has 3 rings (SSSR count). The second-order valence-corrected chi connectivity index (χ2v) is 7.82. The van der Waals surface area contributed by atoms with Gasteiger partial charge in [-0.05, 0) is 67.4 Å². The molecule has 0 saturated carbocycles. The van der Waals surface area contributed by atoms with Gasteiger partial charge in [-0.2, -0.15) is 11.8 Å². The first-order chi connectivity index (χ1) is 10.7. The Morgan fingerprint density at radius 1 is 1.09 bits per heavy atom. The normalized spacial score (nSPS) is 20.9. The number of hydrogen-bond donors (Lipinski definition) is 1. The molecule has 0 radical (unpaired) electrons. The van der Waals surface area contributed by atoms with E-state index >= 15 is 0 Å². The number of carbonyl (C=O) groups excluding carboxylic acids is 1. The molecule has 0 aliphatic carbocycles. The number of rotatable bonds is 3. The fourth-order valence-corrected chi connectivity index (χ4v) is 4.33. The SMILES string of the molecule is CC1CCN(c2ccc(NC(=O)C3CCSCC3)cc2)CC1. The second-order valence-electron chi connectivity index (χ2n) is 6.59. The van der Waals surface area contributed by atoms with Crippen molar-refractivity contribution in [2.75, 3.05) is 34.8 Å². The smallest absolute Gasteiger partial charge is 0.227 e. The molecule has 0 atom stereocenters. The first-order valence-corrected chi connectivity index (χ1v) is 9.61. The third-order valence-corrected chi connectivity index (χ3v) is 5.92. The summed E-state index contributed by atoms with van der Waals surface area (Å²) in [6, 6.07) is 8.37. The number of hydrogen-bond acceptors (Lipinski definition) is 3. The van der Waals surface area contributed by atoms with Gasteiger partial charge < -0.3 is 10.2 Å². The summed E-state index contributed by atoms with van der Waals surface area (Å²) in [6.07, 6.45) is 4.58. The monoisotopic (exact) mass is 318 g/mol. The largest absolute Gasteiger partial charge is 0.372 e. The lowest BCUT2D eigenvalue weighted by atomic mass is 9.99. The van der Waals surface area contributed by atoms with Crippen LogP contribution in [0.1, 0.15) is 32.6 Å². The molecule has 1 amide bonds. The van der Waals surface area contributed by atoms with E-state index in [9.17, 15) is 4.79 Å². The first kappa shape index (κ1) is 15.7. The molecular formula is C18H26N2OS. The van der Waals surface area contributed by atoms with E-state index in [1.807, 2.05) is 23.9 Å². The number of nitrogens with one attached hydrogen (secondary N) is 1. The molecule has 4 heteroatoms. The van der Waals surface area contributed by atoms with E-state index in [2.05, 4.69) is 29.3 Å². The van der Waals surface area contributed by atoms with Gasteiger partial charge in [0.1, 0.15) is 0 Å². The number of carbonyl (C=O) groups is 1. The Morgan fingerprint density at radius 2 is 1.73 bits per heavy atom. The van der Waals surface area contributed by atoms with Crippen LogP contribution in [0.3, 0.4) is 0 Å². The molecule has 1 N–H and O–H groups in total. The zero-order valence-electron chi connectivity index (χ0n) is 13.4. The predicted octanol–water partition coefficient (Wildman–Crippen LogP) is 4.00. The van der Waals surface area contributed by atoms with E-state index in [0.717, 1.165) is 49.0 Å². The summed E-state index contributed by atoms with van der Waals surface area (Å²) < 4.78 is 0. The van der Waals surface area contributed by atoms with E-state index in [-0.39, 0.29) is 11.8 Å². The van der Waals surface area contributed by atoms with Crippen LogP contribution in [0.4, 0.5) is 11.4 Å². The fourth-order valence-electron chi connectivity index (χ4n) is 3.23. The summed E-state index contributed by atoms with van der Waals surface area (Å²) >= 11 is 1.95. The maximum absolute atomic E-state index is 12.3. The number of anilines is 2. The van der Waals surface area contributed by atoms with Crippen molar-refractivity contribution in [2.24, 2.45) is 11.8 Å². The van der Waals surface area contributed by atoms with Crippen molar-refractivity contribution in [3.05, 3.63) is 24.3 Å². The molecule has 3 nitrogen and oxygen atoms in total. The van der Waals surface area contributed by atoms with Gasteiger partial charge >= 0.3 is 0 Å². The van der Waals surface area contributed by atoms with E-state index in [4.69, 9.17) is 0 Å². The van der Waals surface area contributed by atoms with Gasteiger partial charge in [0.2, 0.25) is 5.91 Å². The van der Waals surface area contributed by atoms with Crippen LogP contribution in [0.25, 0.3) is 0 Å². The minimum atomic E-state index is 0.194. The Kier molecular flexibility index (Phi) is 5.29. The molecule has 2 aliphatic rings. The number of nitrogens with zero attached hydrogens (tertiary/aromatic N) is 1. The molecular weight excluding hydrogens is 292 g/mol. The summed E-state index contributed by atoms with van der Waals surface area (Å²) in [5.74, 6) is 3.47. The number of benzene rings is 1. The van der Waals surface area contributed by atoms with Gasteiger partial charge in [0.25, 0.3) is 0 Å². The topological polar surface area (TPSA) is 32.3 Å². The lowest BCUT2D eigenvalue weighted by molar-refractivity contribution is -0.120. The Labute approximate surface area is 137 Å². The minimum absolute atomic E-state index is 0.194. The van der Waals surface area contributed by atoms with Crippen LogP contribution >= 0.6 is 11.8 Å². The molecule has 22 heavy (non-hydrogen) atoms. The van der Waals surface area contributed by atoms with Crippen molar-refractivity contribution >= 4 is 29.0 Å². The highest BCUT2D eigenvalue weighted by molar-refractivity contribution is 7.99. The molecule has 120 valence electrons. The molecule has 2 aliphatic heterocycles. The molecule has 2 heterocycles. The van der Waals surface area contributed by atoms with Crippen molar-refractivity contribution in [3.8, 4) is 0 Å². The lowest BCUT2D eigenvalue weighted by Gasteiger charge is -2.32. The highest BCUT2D eigenvalue weighted by Crippen LogP contribution is 2.26. The molecule has 1 aromatic carbocycles. The van der Waals surface area contributed by atoms with Crippen molar-refractivity contribution < 1.29 is 4.79 Å². The minimum Gasteiger partial charge on any atom is -0.372 e. The van der Waals surface area contributed by atoms with Crippen LogP contribution in [-0.2, 0) is 4.79 Å². The quantitative estimate of drug-likeness (QED) is 0.914.